The molecule has 0 fully saturated rings. The summed E-state index contributed by atoms with van der Waals surface area (Å²) in [6.07, 6.45) is 2.52. The minimum atomic E-state index is -0.0266. The lowest BCUT2D eigenvalue weighted by molar-refractivity contribution is -0.116. The molecule has 0 aromatic rings. The van der Waals surface area contributed by atoms with Crippen LogP contribution in [0.15, 0.2) is 9.66 Å². The Morgan fingerprint density at radius 2 is 2.33 bits per heavy atom. The van der Waals surface area contributed by atoms with Gasteiger partial charge in [-0.1, -0.05) is 6.92 Å². The highest BCUT2D eigenvalue weighted by Gasteiger charge is 1.91. The van der Waals surface area contributed by atoms with Crippen molar-refractivity contribution in [1.82, 2.24) is 5.32 Å². The third kappa shape index (κ3) is 4.44. The number of carbonyl (C=O) groups is 1. The normalized spacial score (nSPS) is 11.2. The number of halogens is 1. The summed E-state index contributed by atoms with van der Waals surface area (Å²) in [5, 5.41) is 2.51. The molecular weight excluding hydrogens is 229 g/mol. The van der Waals surface area contributed by atoms with E-state index in [-0.39, 0.29) is 5.91 Å². The van der Waals surface area contributed by atoms with Crippen LogP contribution in [0.1, 0.15) is 13.3 Å². The van der Waals surface area contributed by atoms with Crippen LogP contribution >= 0.6 is 22.6 Å². The van der Waals surface area contributed by atoms with Gasteiger partial charge in [-0.2, -0.15) is 0 Å². The lowest BCUT2D eigenvalue weighted by Crippen LogP contribution is -2.14. The van der Waals surface area contributed by atoms with Crippen molar-refractivity contribution in [2.75, 3.05) is 7.05 Å². The van der Waals surface area contributed by atoms with E-state index in [1.54, 1.807) is 13.1 Å². The van der Waals surface area contributed by atoms with Crippen LogP contribution in [0.2, 0.25) is 0 Å². The number of carbonyl (C=O) groups excluding carboxylic acids is 1. The fourth-order valence-corrected chi connectivity index (χ4v) is 0.599. The van der Waals surface area contributed by atoms with Crippen molar-refractivity contribution in [2.24, 2.45) is 0 Å². The quantitative estimate of drug-likeness (QED) is 0.573. The summed E-state index contributed by atoms with van der Waals surface area (Å²) in [5.41, 5.74) is 0. The predicted molar refractivity (Wildman–Crippen MR) is 46.5 cm³/mol. The Kier molecular flexibility index (Phi) is 4.75. The van der Waals surface area contributed by atoms with E-state index < -0.39 is 0 Å². The van der Waals surface area contributed by atoms with Gasteiger partial charge < -0.3 is 5.32 Å². The maximum Gasteiger partial charge on any atom is 0.244 e. The molecule has 2 nitrogen and oxygen atoms in total. The Morgan fingerprint density at radius 1 is 1.78 bits per heavy atom. The van der Waals surface area contributed by atoms with Crippen LogP contribution in [0.3, 0.4) is 0 Å². The molecule has 9 heavy (non-hydrogen) atoms. The van der Waals surface area contributed by atoms with E-state index in [4.69, 9.17) is 0 Å². The van der Waals surface area contributed by atoms with Crippen LogP contribution in [-0.2, 0) is 4.79 Å². The summed E-state index contributed by atoms with van der Waals surface area (Å²) in [7, 11) is 1.62. The second-order valence-electron chi connectivity index (χ2n) is 1.56. The lowest BCUT2D eigenvalue weighted by atomic mass is 10.4. The van der Waals surface area contributed by atoms with Crippen LogP contribution < -0.4 is 5.32 Å². The smallest absolute Gasteiger partial charge is 0.244 e. The Bertz CT molecular complexity index is 131. The molecule has 0 unspecified atom stereocenters. The summed E-state index contributed by atoms with van der Waals surface area (Å²) in [5.74, 6) is -0.0266. The molecule has 1 amide bonds. The molecule has 0 atom stereocenters. The highest BCUT2D eigenvalue weighted by molar-refractivity contribution is 14.1. The molecule has 0 saturated carbocycles. The van der Waals surface area contributed by atoms with Crippen LogP contribution in [0.5, 0.6) is 0 Å². The Hall–Kier alpha value is -0.0600. The van der Waals surface area contributed by atoms with Gasteiger partial charge in [0.1, 0.15) is 0 Å². The van der Waals surface area contributed by atoms with Crippen molar-refractivity contribution in [2.45, 2.75) is 13.3 Å². The molecular formula is C6H10INO. The number of likely N-dealkylation sites (N-methyl/N-ethyl adjacent to an activating group) is 1. The van der Waals surface area contributed by atoms with E-state index in [9.17, 15) is 4.79 Å². The SMILES string of the molecule is CC/C(I)=C\C(=O)NC. The van der Waals surface area contributed by atoms with Gasteiger partial charge in [-0.15, -0.1) is 0 Å². The van der Waals surface area contributed by atoms with Gasteiger partial charge in [0, 0.05) is 13.1 Å². The average molecular weight is 239 g/mol. The van der Waals surface area contributed by atoms with Crippen LogP contribution in [-0.4, -0.2) is 13.0 Å². The number of rotatable bonds is 2. The highest BCUT2D eigenvalue weighted by Crippen LogP contribution is 2.08. The van der Waals surface area contributed by atoms with E-state index >= 15 is 0 Å². The van der Waals surface area contributed by atoms with Crippen molar-refractivity contribution in [1.29, 1.82) is 0 Å². The van der Waals surface area contributed by atoms with Gasteiger partial charge >= 0.3 is 0 Å². The summed E-state index contributed by atoms with van der Waals surface area (Å²) in [6.45, 7) is 2.02. The van der Waals surface area contributed by atoms with Gasteiger partial charge in [-0.25, -0.2) is 0 Å². The summed E-state index contributed by atoms with van der Waals surface area (Å²) < 4.78 is 1.08. The third-order valence-corrected chi connectivity index (χ3v) is 1.95. The van der Waals surface area contributed by atoms with Crippen molar-refractivity contribution in [3.05, 3.63) is 9.66 Å². The molecule has 52 valence electrons. The Morgan fingerprint density at radius 3 is 2.67 bits per heavy atom. The second-order valence-corrected chi connectivity index (χ2v) is 2.94. The highest BCUT2D eigenvalue weighted by atomic mass is 127. The maximum atomic E-state index is 10.6. The van der Waals surface area contributed by atoms with Crippen molar-refractivity contribution >= 4 is 28.5 Å². The fourth-order valence-electron chi connectivity index (χ4n) is 0.316. The van der Waals surface area contributed by atoms with Crippen LogP contribution in [0.4, 0.5) is 0 Å². The molecule has 0 rings (SSSR count). The van der Waals surface area contributed by atoms with Gasteiger partial charge in [0.15, 0.2) is 0 Å². The van der Waals surface area contributed by atoms with E-state index in [1.165, 1.54) is 0 Å². The zero-order valence-corrected chi connectivity index (χ0v) is 7.73. The van der Waals surface area contributed by atoms with E-state index in [0.29, 0.717) is 0 Å². The zero-order valence-electron chi connectivity index (χ0n) is 5.57. The third-order valence-electron chi connectivity index (χ3n) is 0.872. The first-order valence-electron chi connectivity index (χ1n) is 2.78. The first kappa shape index (κ1) is 8.94. The first-order valence-corrected chi connectivity index (χ1v) is 3.86. The molecule has 0 aliphatic carbocycles. The molecule has 0 aliphatic rings. The molecule has 0 radical (unpaired) electrons. The summed E-state index contributed by atoms with van der Waals surface area (Å²) in [4.78, 5) is 10.6. The number of hydrogen-bond donors (Lipinski definition) is 1. The van der Waals surface area contributed by atoms with Crippen LogP contribution in [0.25, 0.3) is 0 Å². The number of nitrogens with one attached hydrogen (secondary N) is 1. The van der Waals surface area contributed by atoms with Crippen molar-refractivity contribution in [3.63, 3.8) is 0 Å². The van der Waals surface area contributed by atoms with Gasteiger partial charge in [-0.3, -0.25) is 4.79 Å². The molecule has 0 saturated heterocycles. The minimum absolute atomic E-state index is 0.0266. The standard InChI is InChI=1S/C6H10INO/c1-3-5(7)4-6(9)8-2/h4H,3H2,1-2H3,(H,8,9)/b5-4+. The Labute approximate surface area is 68.8 Å². The molecule has 0 bridgehead atoms. The molecule has 0 heterocycles. The van der Waals surface area contributed by atoms with Crippen molar-refractivity contribution < 1.29 is 4.79 Å². The molecule has 1 N–H and O–H groups in total. The monoisotopic (exact) mass is 239 g/mol. The molecule has 0 aromatic carbocycles. The van der Waals surface area contributed by atoms with E-state index in [1.807, 2.05) is 6.92 Å². The second kappa shape index (κ2) is 4.78. The van der Waals surface area contributed by atoms with Crippen LogP contribution in [0, 0.1) is 0 Å². The van der Waals surface area contributed by atoms with Gasteiger partial charge in [0.2, 0.25) is 5.91 Å². The average Bonchev–Trinajstić information content (AvgIpc) is 1.87. The molecule has 0 aromatic heterocycles. The van der Waals surface area contributed by atoms with Crippen molar-refractivity contribution in [3.8, 4) is 0 Å². The number of amides is 1. The zero-order chi connectivity index (χ0) is 7.28. The van der Waals surface area contributed by atoms with Gasteiger partial charge in [0.25, 0.3) is 0 Å². The maximum absolute atomic E-state index is 10.6. The summed E-state index contributed by atoms with van der Waals surface area (Å²) >= 11 is 2.14. The van der Waals surface area contributed by atoms with E-state index in [0.717, 1.165) is 10.0 Å². The van der Waals surface area contributed by atoms with Gasteiger partial charge in [0.05, 0.1) is 0 Å². The summed E-state index contributed by atoms with van der Waals surface area (Å²) in [6, 6.07) is 0. The predicted octanol–water partition coefficient (Wildman–Crippen LogP) is 1.46. The minimum Gasteiger partial charge on any atom is -0.356 e. The number of hydrogen-bond acceptors (Lipinski definition) is 1. The topological polar surface area (TPSA) is 29.1 Å². The lowest BCUT2D eigenvalue weighted by Gasteiger charge is -1.91. The van der Waals surface area contributed by atoms with Gasteiger partial charge in [-0.05, 0) is 32.6 Å². The molecule has 0 aliphatic heterocycles. The fraction of sp³-hybridized carbons (Fsp3) is 0.500. The van der Waals surface area contributed by atoms with E-state index in [2.05, 4.69) is 27.9 Å². The molecule has 3 heteroatoms. The first-order chi connectivity index (χ1) is 4.20. The number of allylic oxidation sites excluding steroid dienone is 1. The molecule has 0 spiro atoms. The Balaban J connectivity index is 3.79. The largest absolute Gasteiger partial charge is 0.356 e.